The van der Waals surface area contributed by atoms with Gasteiger partial charge in [0.2, 0.25) is 10.0 Å². The number of nitrogens with one attached hydrogen (secondary N) is 1. The summed E-state index contributed by atoms with van der Waals surface area (Å²) in [4.78, 5) is 4.61. The Morgan fingerprint density at radius 3 is 2.67 bits per heavy atom. The Morgan fingerprint density at radius 2 is 1.85 bits per heavy atom. The van der Waals surface area contributed by atoms with Crippen LogP contribution in [0.15, 0.2) is 59.8 Å². The predicted octanol–water partition coefficient (Wildman–Crippen LogP) is 2.80. The van der Waals surface area contributed by atoms with Gasteiger partial charge in [-0.25, -0.2) is 13.1 Å². The van der Waals surface area contributed by atoms with Crippen LogP contribution in [0, 0.1) is 0 Å². The van der Waals surface area contributed by atoms with E-state index in [2.05, 4.69) is 14.8 Å². The van der Waals surface area contributed by atoms with Gasteiger partial charge in [0.05, 0.1) is 17.1 Å². The molecule has 1 aromatic carbocycles. The van der Waals surface area contributed by atoms with Crippen molar-refractivity contribution in [2.75, 3.05) is 6.54 Å². The van der Waals surface area contributed by atoms with Gasteiger partial charge in [0.25, 0.3) is 0 Å². The lowest BCUT2D eigenvalue weighted by atomic mass is 9.92. The molecule has 7 heteroatoms. The van der Waals surface area contributed by atoms with E-state index in [1.807, 2.05) is 42.6 Å². The number of sulfonamides is 1. The quantitative estimate of drug-likeness (QED) is 0.711. The molecule has 0 saturated heterocycles. The van der Waals surface area contributed by atoms with Gasteiger partial charge in [-0.2, -0.15) is 5.10 Å². The maximum atomic E-state index is 12.6. The molecule has 0 fully saturated rings. The molecule has 4 rings (SSSR count). The van der Waals surface area contributed by atoms with E-state index in [9.17, 15) is 8.42 Å². The highest BCUT2D eigenvalue weighted by molar-refractivity contribution is 7.89. The molecule has 3 aromatic rings. The molecule has 1 N–H and O–H groups in total. The topological polar surface area (TPSA) is 76.9 Å². The molecule has 0 atom stereocenters. The molecule has 0 unspecified atom stereocenters. The van der Waals surface area contributed by atoms with E-state index in [1.165, 1.54) is 12.0 Å². The van der Waals surface area contributed by atoms with E-state index in [0.29, 0.717) is 11.4 Å². The predicted molar refractivity (Wildman–Crippen MR) is 104 cm³/mol. The van der Waals surface area contributed by atoms with Gasteiger partial charge < -0.3 is 0 Å². The standard InChI is InChI=1S/C20H22N4O2S/c25-27(26,18-9-8-16-5-1-2-6-17(16)15-18)22-12-14-24-13-10-20(23-24)19-7-3-4-11-21-19/h3-4,7-11,13,15,22H,1-2,5-6,12,14H2. The first-order chi connectivity index (χ1) is 13.1. The number of rotatable bonds is 6. The second-order valence-electron chi connectivity index (χ2n) is 6.71. The molecule has 0 aliphatic heterocycles. The second-order valence-corrected chi connectivity index (χ2v) is 8.48. The molecule has 0 radical (unpaired) electrons. The summed E-state index contributed by atoms with van der Waals surface area (Å²) in [6.45, 7) is 0.736. The summed E-state index contributed by atoms with van der Waals surface area (Å²) in [5, 5.41) is 4.45. The number of hydrogen-bond donors (Lipinski definition) is 1. The van der Waals surface area contributed by atoms with Crippen LogP contribution < -0.4 is 4.72 Å². The van der Waals surface area contributed by atoms with E-state index in [0.717, 1.165) is 36.2 Å². The number of benzene rings is 1. The third-order valence-electron chi connectivity index (χ3n) is 4.83. The molecule has 1 aliphatic rings. The highest BCUT2D eigenvalue weighted by Gasteiger charge is 2.17. The summed E-state index contributed by atoms with van der Waals surface area (Å²) in [5.74, 6) is 0. The zero-order chi connectivity index (χ0) is 18.7. The van der Waals surface area contributed by atoms with Crippen LogP contribution in [0.4, 0.5) is 0 Å². The number of aromatic nitrogens is 3. The van der Waals surface area contributed by atoms with Crippen molar-refractivity contribution in [3.05, 3.63) is 66.0 Å². The van der Waals surface area contributed by atoms with Crippen molar-refractivity contribution in [1.29, 1.82) is 0 Å². The maximum absolute atomic E-state index is 12.6. The number of fused-ring (bicyclic) bond motifs is 1. The average Bonchev–Trinajstić information content (AvgIpc) is 3.17. The number of aryl methyl sites for hydroxylation is 2. The summed E-state index contributed by atoms with van der Waals surface area (Å²) in [6, 6.07) is 13.0. The van der Waals surface area contributed by atoms with Gasteiger partial charge in [0.15, 0.2) is 0 Å². The number of pyridine rings is 1. The smallest absolute Gasteiger partial charge is 0.240 e. The normalized spacial score (nSPS) is 14.1. The van der Waals surface area contributed by atoms with E-state index >= 15 is 0 Å². The van der Waals surface area contributed by atoms with Crippen LogP contribution in [-0.4, -0.2) is 29.7 Å². The molecule has 0 saturated carbocycles. The zero-order valence-corrected chi connectivity index (χ0v) is 15.8. The van der Waals surface area contributed by atoms with Crippen molar-refractivity contribution in [2.24, 2.45) is 0 Å². The highest BCUT2D eigenvalue weighted by atomic mass is 32.2. The third-order valence-corrected chi connectivity index (χ3v) is 6.29. The molecule has 2 heterocycles. The summed E-state index contributed by atoms with van der Waals surface area (Å²) in [7, 11) is -3.51. The molecule has 6 nitrogen and oxygen atoms in total. The van der Waals surface area contributed by atoms with Crippen LogP contribution >= 0.6 is 0 Å². The molecule has 27 heavy (non-hydrogen) atoms. The maximum Gasteiger partial charge on any atom is 0.240 e. The second kappa shape index (κ2) is 7.62. The van der Waals surface area contributed by atoms with Crippen LogP contribution in [-0.2, 0) is 29.4 Å². The lowest BCUT2D eigenvalue weighted by molar-refractivity contribution is 0.561. The zero-order valence-electron chi connectivity index (χ0n) is 15.0. The van der Waals surface area contributed by atoms with E-state index in [4.69, 9.17) is 0 Å². The SMILES string of the molecule is O=S(=O)(NCCn1ccc(-c2ccccn2)n1)c1ccc2c(c1)CCCC2. The monoisotopic (exact) mass is 382 g/mol. The number of hydrogen-bond acceptors (Lipinski definition) is 4. The summed E-state index contributed by atoms with van der Waals surface area (Å²) in [6.07, 6.45) is 7.87. The van der Waals surface area contributed by atoms with Crippen molar-refractivity contribution in [1.82, 2.24) is 19.5 Å². The third kappa shape index (κ3) is 4.09. The molecule has 1 aliphatic carbocycles. The van der Waals surface area contributed by atoms with E-state index in [-0.39, 0.29) is 6.54 Å². The van der Waals surface area contributed by atoms with Crippen LogP contribution in [0.25, 0.3) is 11.4 Å². The first kappa shape index (κ1) is 17.9. The largest absolute Gasteiger partial charge is 0.271 e. The van der Waals surface area contributed by atoms with E-state index in [1.54, 1.807) is 16.9 Å². The lowest BCUT2D eigenvalue weighted by Gasteiger charge is -2.16. The summed E-state index contributed by atoms with van der Waals surface area (Å²) in [5.41, 5.74) is 4.01. The highest BCUT2D eigenvalue weighted by Crippen LogP contribution is 2.24. The molecule has 140 valence electrons. The molecule has 2 aromatic heterocycles. The van der Waals surface area contributed by atoms with Crippen LogP contribution in [0.1, 0.15) is 24.0 Å². The first-order valence-electron chi connectivity index (χ1n) is 9.18. The van der Waals surface area contributed by atoms with Crippen molar-refractivity contribution >= 4 is 10.0 Å². The molecule has 0 amide bonds. The van der Waals surface area contributed by atoms with Crippen LogP contribution in [0.2, 0.25) is 0 Å². The fourth-order valence-electron chi connectivity index (χ4n) is 3.39. The van der Waals surface area contributed by atoms with Crippen molar-refractivity contribution in [3.63, 3.8) is 0 Å². The Morgan fingerprint density at radius 1 is 1.00 bits per heavy atom. The Labute approximate surface area is 159 Å². The van der Waals surface area contributed by atoms with Gasteiger partial charge in [-0.05, 0) is 67.1 Å². The Bertz CT molecular complexity index is 1030. The van der Waals surface area contributed by atoms with Gasteiger partial charge in [0, 0.05) is 18.9 Å². The lowest BCUT2D eigenvalue weighted by Crippen LogP contribution is -2.27. The van der Waals surface area contributed by atoms with E-state index < -0.39 is 10.0 Å². The summed E-state index contributed by atoms with van der Waals surface area (Å²) < 4.78 is 29.6. The minimum atomic E-state index is -3.51. The molecular formula is C20H22N4O2S. The van der Waals surface area contributed by atoms with Crippen LogP contribution in [0.5, 0.6) is 0 Å². The van der Waals surface area contributed by atoms with Crippen molar-refractivity contribution in [3.8, 4) is 11.4 Å². The van der Waals surface area contributed by atoms with Gasteiger partial charge in [-0.1, -0.05) is 12.1 Å². The minimum absolute atomic E-state index is 0.281. The minimum Gasteiger partial charge on any atom is -0.271 e. The Balaban J connectivity index is 1.39. The van der Waals surface area contributed by atoms with Gasteiger partial charge >= 0.3 is 0 Å². The summed E-state index contributed by atoms with van der Waals surface area (Å²) >= 11 is 0. The Kier molecular flexibility index (Phi) is 5.05. The van der Waals surface area contributed by atoms with Crippen molar-refractivity contribution < 1.29 is 8.42 Å². The van der Waals surface area contributed by atoms with Crippen LogP contribution in [0.3, 0.4) is 0 Å². The average molecular weight is 382 g/mol. The fraction of sp³-hybridized carbons (Fsp3) is 0.300. The fourth-order valence-corrected chi connectivity index (χ4v) is 4.46. The van der Waals surface area contributed by atoms with Crippen molar-refractivity contribution in [2.45, 2.75) is 37.1 Å². The molecule has 0 spiro atoms. The molecular weight excluding hydrogens is 360 g/mol. The molecule has 0 bridgehead atoms. The first-order valence-corrected chi connectivity index (χ1v) is 10.7. The number of nitrogens with zero attached hydrogens (tertiary/aromatic N) is 3. The van der Waals surface area contributed by atoms with Gasteiger partial charge in [-0.15, -0.1) is 0 Å². The van der Waals surface area contributed by atoms with Gasteiger partial charge in [0.1, 0.15) is 5.69 Å². The Hall–Kier alpha value is -2.51. The van der Waals surface area contributed by atoms with Gasteiger partial charge in [-0.3, -0.25) is 9.67 Å².